The maximum absolute atomic E-state index is 9.82. The number of rotatable bonds is 2. The topological polar surface area (TPSA) is 41.5 Å². The molecule has 1 heterocycles. The largest absolute Gasteiger partial charge is 0.506 e. The van der Waals surface area contributed by atoms with Crippen molar-refractivity contribution < 1.29 is 9.84 Å². The zero-order chi connectivity index (χ0) is 10.1. The third-order valence-electron chi connectivity index (χ3n) is 2.52. The lowest BCUT2D eigenvalue weighted by molar-refractivity contribution is 0.394. The minimum atomic E-state index is 0.331. The predicted octanol–water partition coefficient (Wildman–Crippen LogP) is 1.85. The van der Waals surface area contributed by atoms with E-state index in [-0.39, 0.29) is 0 Å². The Kier molecular flexibility index (Phi) is 2.65. The first kappa shape index (κ1) is 9.80. The summed E-state index contributed by atoms with van der Waals surface area (Å²) in [5.74, 6) is 1.51. The molecule has 1 aromatic carbocycles. The molecule has 0 saturated carbocycles. The van der Waals surface area contributed by atoms with Crippen LogP contribution >= 0.6 is 15.9 Å². The SMILES string of the molecule is COc1cc(Br)c(O)c(C2CNC2)c1. The molecule has 1 saturated heterocycles. The third-order valence-corrected chi connectivity index (χ3v) is 3.13. The van der Waals surface area contributed by atoms with Crippen LogP contribution in [0.2, 0.25) is 0 Å². The summed E-state index contributed by atoms with van der Waals surface area (Å²) in [6, 6.07) is 3.66. The minimum absolute atomic E-state index is 0.331. The van der Waals surface area contributed by atoms with Crippen LogP contribution in [0.25, 0.3) is 0 Å². The predicted molar refractivity (Wildman–Crippen MR) is 58.0 cm³/mol. The summed E-state index contributed by atoms with van der Waals surface area (Å²) < 4.78 is 5.84. The van der Waals surface area contributed by atoms with E-state index in [9.17, 15) is 5.11 Å². The van der Waals surface area contributed by atoms with E-state index in [1.165, 1.54) is 0 Å². The van der Waals surface area contributed by atoms with Gasteiger partial charge in [0, 0.05) is 24.6 Å². The molecule has 0 bridgehead atoms. The number of phenolic OH excluding ortho intramolecular Hbond substituents is 1. The average molecular weight is 258 g/mol. The highest BCUT2D eigenvalue weighted by Gasteiger charge is 2.23. The molecule has 14 heavy (non-hydrogen) atoms. The smallest absolute Gasteiger partial charge is 0.133 e. The quantitative estimate of drug-likeness (QED) is 0.850. The molecule has 3 nitrogen and oxygen atoms in total. The lowest BCUT2D eigenvalue weighted by atomic mass is 9.93. The Morgan fingerprint density at radius 3 is 2.71 bits per heavy atom. The first-order valence-electron chi connectivity index (χ1n) is 4.49. The van der Waals surface area contributed by atoms with Gasteiger partial charge in [0.1, 0.15) is 11.5 Å². The number of phenols is 1. The highest BCUT2D eigenvalue weighted by Crippen LogP contribution is 2.37. The molecule has 0 radical (unpaired) electrons. The Hall–Kier alpha value is -0.740. The van der Waals surface area contributed by atoms with Gasteiger partial charge in [0.25, 0.3) is 0 Å². The van der Waals surface area contributed by atoms with Crippen LogP contribution in [0.4, 0.5) is 0 Å². The summed E-state index contributed by atoms with van der Waals surface area (Å²) >= 11 is 3.31. The zero-order valence-corrected chi connectivity index (χ0v) is 9.47. The summed E-state index contributed by atoms with van der Waals surface area (Å²) in [4.78, 5) is 0. The number of hydrogen-bond acceptors (Lipinski definition) is 3. The standard InChI is InChI=1S/C10H12BrNO2/c1-14-7-2-8(6-4-12-5-6)10(13)9(11)3-7/h2-3,6,12-13H,4-5H2,1H3. The van der Waals surface area contributed by atoms with Crippen LogP contribution < -0.4 is 10.1 Å². The molecule has 76 valence electrons. The van der Waals surface area contributed by atoms with Gasteiger partial charge in [-0.05, 0) is 28.1 Å². The molecule has 0 aromatic heterocycles. The number of aromatic hydroxyl groups is 1. The number of benzene rings is 1. The first-order valence-corrected chi connectivity index (χ1v) is 5.28. The normalized spacial score (nSPS) is 16.4. The molecule has 1 fully saturated rings. The second kappa shape index (κ2) is 3.79. The van der Waals surface area contributed by atoms with E-state index in [1.807, 2.05) is 6.07 Å². The van der Waals surface area contributed by atoms with E-state index in [1.54, 1.807) is 13.2 Å². The zero-order valence-electron chi connectivity index (χ0n) is 7.88. The Morgan fingerprint density at radius 2 is 2.21 bits per heavy atom. The van der Waals surface area contributed by atoms with Crippen LogP contribution in [-0.4, -0.2) is 25.3 Å². The monoisotopic (exact) mass is 257 g/mol. The van der Waals surface area contributed by atoms with Crippen LogP contribution in [0.15, 0.2) is 16.6 Å². The fraction of sp³-hybridized carbons (Fsp3) is 0.400. The van der Waals surface area contributed by atoms with Gasteiger partial charge in [0.15, 0.2) is 0 Å². The Labute approximate surface area is 91.2 Å². The maximum Gasteiger partial charge on any atom is 0.133 e. The van der Waals surface area contributed by atoms with Gasteiger partial charge in [-0.2, -0.15) is 0 Å². The van der Waals surface area contributed by atoms with E-state index in [0.717, 1.165) is 24.4 Å². The van der Waals surface area contributed by atoms with E-state index >= 15 is 0 Å². The van der Waals surface area contributed by atoms with Gasteiger partial charge < -0.3 is 15.2 Å². The molecule has 0 amide bonds. The van der Waals surface area contributed by atoms with Crippen molar-refractivity contribution in [3.63, 3.8) is 0 Å². The van der Waals surface area contributed by atoms with Gasteiger partial charge >= 0.3 is 0 Å². The number of hydrogen-bond donors (Lipinski definition) is 2. The fourth-order valence-corrected chi connectivity index (χ4v) is 1.99. The van der Waals surface area contributed by atoms with Crippen molar-refractivity contribution in [2.75, 3.05) is 20.2 Å². The molecule has 2 rings (SSSR count). The van der Waals surface area contributed by atoms with Crippen LogP contribution in [0, 0.1) is 0 Å². The van der Waals surface area contributed by atoms with Crippen molar-refractivity contribution in [3.05, 3.63) is 22.2 Å². The van der Waals surface area contributed by atoms with Gasteiger partial charge in [-0.1, -0.05) is 0 Å². The summed E-state index contributed by atoms with van der Waals surface area (Å²) in [6.45, 7) is 1.85. The van der Waals surface area contributed by atoms with Crippen molar-refractivity contribution >= 4 is 15.9 Å². The molecule has 4 heteroatoms. The van der Waals surface area contributed by atoms with E-state index in [4.69, 9.17) is 4.74 Å². The van der Waals surface area contributed by atoms with Crippen LogP contribution in [0.5, 0.6) is 11.5 Å². The van der Waals surface area contributed by atoms with Gasteiger partial charge in [-0.15, -0.1) is 0 Å². The van der Waals surface area contributed by atoms with Gasteiger partial charge in [0.2, 0.25) is 0 Å². The molecule has 0 spiro atoms. The molecular formula is C10H12BrNO2. The molecule has 0 unspecified atom stereocenters. The van der Waals surface area contributed by atoms with Crippen LogP contribution in [0.3, 0.4) is 0 Å². The van der Waals surface area contributed by atoms with E-state index in [2.05, 4.69) is 21.2 Å². The van der Waals surface area contributed by atoms with Crippen LogP contribution in [-0.2, 0) is 0 Å². The summed E-state index contributed by atoms with van der Waals surface area (Å²) in [5, 5.41) is 13.0. The maximum atomic E-state index is 9.82. The average Bonchev–Trinajstić information content (AvgIpc) is 2.09. The van der Waals surface area contributed by atoms with Crippen molar-refractivity contribution in [2.24, 2.45) is 0 Å². The van der Waals surface area contributed by atoms with E-state index < -0.39 is 0 Å². The molecule has 2 N–H and O–H groups in total. The molecule has 0 atom stereocenters. The number of ether oxygens (including phenoxy) is 1. The highest BCUT2D eigenvalue weighted by atomic mass is 79.9. The Morgan fingerprint density at radius 1 is 1.50 bits per heavy atom. The summed E-state index contributed by atoms with van der Waals surface area (Å²) in [6.07, 6.45) is 0. The molecule has 1 aromatic rings. The van der Waals surface area contributed by atoms with Crippen molar-refractivity contribution in [1.29, 1.82) is 0 Å². The number of nitrogens with one attached hydrogen (secondary N) is 1. The van der Waals surface area contributed by atoms with Crippen molar-refractivity contribution in [1.82, 2.24) is 5.32 Å². The lowest BCUT2D eigenvalue weighted by Gasteiger charge is -2.28. The van der Waals surface area contributed by atoms with Gasteiger partial charge in [0.05, 0.1) is 11.6 Å². The minimum Gasteiger partial charge on any atom is -0.506 e. The molecule has 1 aliphatic heterocycles. The van der Waals surface area contributed by atoms with E-state index in [0.29, 0.717) is 16.1 Å². The molecule has 0 aliphatic carbocycles. The number of methoxy groups -OCH3 is 1. The lowest BCUT2D eigenvalue weighted by Crippen LogP contribution is -2.39. The fourth-order valence-electron chi connectivity index (χ4n) is 1.53. The van der Waals surface area contributed by atoms with Crippen molar-refractivity contribution in [3.8, 4) is 11.5 Å². The Balaban J connectivity index is 2.40. The summed E-state index contributed by atoms with van der Waals surface area (Å²) in [5.41, 5.74) is 0.954. The van der Waals surface area contributed by atoms with Crippen molar-refractivity contribution in [2.45, 2.75) is 5.92 Å². The van der Waals surface area contributed by atoms with Crippen LogP contribution in [0.1, 0.15) is 11.5 Å². The summed E-state index contributed by atoms with van der Waals surface area (Å²) in [7, 11) is 1.63. The van der Waals surface area contributed by atoms with Gasteiger partial charge in [-0.25, -0.2) is 0 Å². The highest BCUT2D eigenvalue weighted by molar-refractivity contribution is 9.10. The van der Waals surface area contributed by atoms with Gasteiger partial charge in [-0.3, -0.25) is 0 Å². The second-order valence-corrected chi connectivity index (χ2v) is 4.26. The first-order chi connectivity index (χ1) is 6.72. The number of halogens is 1. The molecular weight excluding hydrogens is 246 g/mol. The Bertz CT molecular complexity index is 350. The second-order valence-electron chi connectivity index (χ2n) is 3.40. The molecule has 1 aliphatic rings. The third kappa shape index (κ3) is 1.60.